The van der Waals surface area contributed by atoms with Crippen LogP contribution >= 0.6 is 12.4 Å². The third-order valence-electron chi connectivity index (χ3n) is 6.55. The van der Waals surface area contributed by atoms with Crippen molar-refractivity contribution in [2.24, 2.45) is 0 Å². The van der Waals surface area contributed by atoms with E-state index in [0.29, 0.717) is 17.4 Å². The SMILES string of the molecule is CCOC1CCC(C)(N2CCC(n3c(=O)[nH]c4ncc(C)nc43)CC2)CC1.Cl. The molecular formula is C20H32ClN5O2. The summed E-state index contributed by atoms with van der Waals surface area (Å²) in [6.45, 7) is 9.27. The highest BCUT2D eigenvalue weighted by atomic mass is 35.5. The third-order valence-corrected chi connectivity index (χ3v) is 6.55. The molecule has 156 valence electrons. The van der Waals surface area contributed by atoms with Gasteiger partial charge in [-0.25, -0.2) is 14.8 Å². The third kappa shape index (κ3) is 3.98. The Hall–Kier alpha value is -1.44. The first-order valence-electron chi connectivity index (χ1n) is 10.3. The Morgan fingerprint density at radius 1 is 1.25 bits per heavy atom. The number of aromatic nitrogens is 4. The maximum atomic E-state index is 12.5. The van der Waals surface area contributed by atoms with Crippen LogP contribution in [0.25, 0.3) is 11.3 Å². The van der Waals surface area contributed by atoms with Crippen LogP contribution in [0.1, 0.15) is 64.1 Å². The molecule has 8 heteroatoms. The van der Waals surface area contributed by atoms with Gasteiger partial charge in [-0.3, -0.25) is 14.5 Å². The summed E-state index contributed by atoms with van der Waals surface area (Å²) in [5.41, 5.74) is 2.31. The van der Waals surface area contributed by atoms with Crippen molar-refractivity contribution in [3.63, 3.8) is 0 Å². The molecule has 0 amide bonds. The molecule has 2 aliphatic rings. The number of nitrogens with one attached hydrogen (secondary N) is 1. The van der Waals surface area contributed by atoms with Crippen molar-refractivity contribution in [1.82, 2.24) is 24.4 Å². The molecule has 1 saturated heterocycles. The second-order valence-electron chi connectivity index (χ2n) is 8.35. The summed E-state index contributed by atoms with van der Waals surface area (Å²) in [4.78, 5) is 26.9. The molecule has 1 saturated carbocycles. The van der Waals surface area contributed by atoms with Gasteiger partial charge in [-0.1, -0.05) is 0 Å². The van der Waals surface area contributed by atoms with E-state index in [2.05, 4.69) is 33.7 Å². The van der Waals surface area contributed by atoms with E-state index in [-0.39, 0.29) is 29.7 Å². The minimum atomic E-state index is -0.0857. The van der Waals surface area contributed by atoms with E-state index >= 15 is 0 Å². The van der Waals surface area contributed by atoms with Gasteiger partial charge in [0.2, 0.25) is 0 Å². The molecular weight excluding hydrogens is 378 g/mol. The van der Waals surface area contributed by atoms with Gasteiger partial charge in [-0.2, -0.15) is 0 Å². The van der Waals surface area contributed by atoms with Crippen LogP contribution in [0.4, 0.5) is 0 Å². The molecule has 2 aromatic heterocycles. The number of hydrogen-bond acceptors (Lipinski definition) is 5. The molecule has 0 spiro atoms. The number of piperidine rings is 1. The van der Waals surface area contributed by atoms with E-state index in [1.165, 1.54) is 12.8 Å². The number of nitrogens with zero attached hydrogens (tertiary/aromatic N) is 4. The summed E-state index contributed by atoms with van der Waals surface area (Å²) >= 11 is 0. The van der Waals surface area contributed by atoms with E-state index in [9.17, 15) is 4.79 Å². The first-order valence-corrected chi connectivity index (χ1v) is 10.3. The maximum Gasteiger partial charge on any atom is 0.329 e. The van der Waals surface area contributed by atoms with Gasteiger partial charge in [-0.15, -0.1) is 12.4 Å². The second-order valence-corrected chi connectivity index (χ2v) is 8.35. The number of aromatic amines is 1. The van der Waals surface area contributed by atoms with E-state index in [0.717, 1.165) is 51.1 Å². The summed E-state index contributed by atoms with van der Waals surface area (Å²) in [6.07, 6.45) is 8.79. The monoisotopic (exact) mass is 409 g/mol. The summed E-state index contributed by atoms with van der Waals surface area (Å²) in [6, 6.07) is 0.196. The molecule has 0 radical (unpaired) electrons. The van der Waals surface area contributed by atoms with Crippen LogP contribution < -0.4 is 5.69 Å². The summed E-state index contributed by atoms with van der Waals surface area (Å²) < 4.78 is 7.65. The lowest BCUT2D eigenvalue weighted by Gasteiger charge is -2.48. The Kier molecular flexibility index (Phi) is 6.47. The van der Waals surface area contributed by atoms with Gasteiger partial charge in [0.05, 0.1) is 18.0 Å². The Morgan fingerprint density at radius 2 is 1.93 bits per heavy atom. The Labute approximate surface area is 172 Å². The Morgan fingerprint density at radius 3 is 2.57 bits per heavy atom. The van der Waals surface area contributed by atoms with Crippen molar-refractivity contribution in [3.05, 3.63) is 22.4 Å². The molecule has 0 atom stereocenters. The van der Waals surface area contributed by atoms with E-state index in [1.807, 2.05) is 11.5 Å². The predicted octanol–water partition coefficient (Wildman–Crippen LogP) is 3.22. The van der Waals surface area contributed by atoms with Crippen LogP contribution in [0.3, 0.4) is 0 Å². The number of H-pyrrole nitrogens is 1. The molecule has 4 rings (SSSR count). The number of likely N-dealkylation sites (tertiary alicyclic amines) is 1. The van der Waals surface area contributed by atoms with E-state index in [1.54, 1.807) is 6.20 Å². The fourth-order valence-electron chi connectivity index (χ4n) is 4.91. The van der Waals surface area contributed by atoms with Gasteiger partial charge >= 0.3 is 5.69 Å². The molecule has 3 heterocycles. The Bertz CT molecular complexity index is 848. The lowest BCUT2D eigenvalue weighted by Crippen LogP contribution is -2.53. The Balaban J connectivity index is 0.00000225. The second kappa shape index (κ2) is 8.51. The zero-order valence-corrected chi connectivity index (χ0v) is 17.9. The quantitative estimate of drug-likeness (QED) is 0.838. The largest absolute Gasteiger partial charge is 0.379 e. The van der Waals surface area contributed by atoms with Gasteiger partial charge in [0, 0.05) is 31.3 Å². The van der Waals surface area contributed by atoms with E-state index in [4.69, 9.17) is 4.74 Å². The number of fused-ring (bicyclic) bond motifs is 1. The first kappa shape index (κ1) is 21.3. The molecule has 2 fully saturated rings. The number of ether oxygens (including phenoxy) is 1. The molecule has 28 heavy (non-hydrogen) atoms. The van der Waals surface area contributed by atoms with Crippen LogP contribution in [0, 0.1) is 6.92 Å². The average molecular weight is 410 g/mol. The molecule has 1 aliphatic carbocycles. The highest BCUT2D eigenvalue weighted by Gasteiger charge is 2.38. The molecule has 1 aliphatic heterocycles. The molecule has 0 unspecified atom stereocenters. The average Bonchev–Trinajstić information content (AvgIpc) is 2.99. The highest BCUT2D eigenvalue weighted by Crippen LogP contribution is 2.37. The molecule has 2 aromatic rings. The molecule has 0 bridgehead atoms. The van der Waals surface area contributed by atoms with Crippen molar-refractivity contribution < 1.29 is 4.74 Å². The van der Waals surface area contributed by atoms with Gasteiger partial charge < -0.3 is 4.74 Å². The van der Waals surface area contributed by atoms with Crippen molar-refractivity contribution in [3.8, 4) is 0 Å². The lowest BCUT2D eigenvalue weighted by atomic mass is 9.79. The number of rotatable bonds is 4. The predicted molar refractivity (Wildman–Crippen MR) is 112 cm³/mol. The summed E-state index contributed by atoms with van der Waals surface area (Å²) in [7, 11) is 0. The van der Waals surface area contributed by atoms with Crippen LogP contribution in [0.5, 0.6) is 0 Å². The minimum Gasteiger partial charge on any atom is -0.379 e. The van der Waals surface area contributed by atoms with Crippen molar-refractivity contribution >= 4 is 23.7 Å². The fourth-order valence-corrected chi connectivity index (χ4v) is 4.91. The molecule has 0 aromatic carbocycles. The standard InChI is InChI=1S/C20H31N5O2.ClH/c1-4-27-16-5-9-20(3,10-6-16)24-11-7-15(8-12-24)25-18-17(23-19(25)26)21-13-14(2)22-18;/h13,15-16H,4-12H2,1-3H3,(H,21,23,26);1H. The van der Waals surface area contributed by atoms with Gasteiger partial charge in [0.1, 0.15) is 0 Å². The van der Waals surface area contributed by atoms with Crippen LogP contribution in [-0.2, 0) is 4.74 Å². The lowest BCUT2D eigenvalue weighted by molar-refractivity contribution is -0.0273. The van der Waals surface area contributed by atoms with Crippen LogP contribution in [0.15, 0.2) is 11.0 Å². The van der Waals surface area contributed by atoms with Crippen LogP contribution in [-0.4, -0.2) is 55.8 Å². The van der Waals surface area contributed by atoms with Gasteiger partial charge in [-0.05, 0) is 59.3 Å². The number of hydrogen-bond donors (Lipinski definition) is 1. The van der Waals surface area contributed by atoms with Crippen molar-refractivity contribution in [1.29, 1.82) is 0 Å². The smallest absolute Gasteiger partial charge is 0.329 e. The summed E-state index contributed by atoms with van der Waals surface area (Å²) in [5.74, 6) is 0. The zero-order valence-electron chi connectivity index (χ0n) is 17.1. The van der Waals surface area contributed by atoms with Crippen molar-refractivity contribution in [2.45, 2.75) is 77.0 Å². The zero-order chi connectivity index (χ0) is 19.0. The number of halogens is 1. The van der Waals surface area contributed by atoms with E-state index < -0.39 is 0 Å². The summed E-state index contributed by atoms with van der Waals surface area (Å²) in [5, 5.41) is 0. The molecule has 7 nitrogen and oxygen atoms in total. The van der Waals surface area contributed by atoms with Gasteiger partial charge in [0.25, 0.3) is 0 Å². The maximum absolute atomic E-state index is 12.5. The highest BCUT2D eigenvalue weighted by molar-refractivity contribution is 5.85. The topological polar surface area (TPSA) is 76.0 Å². The van der Waals surface area contributed by atoms with Gasteiger partial charge in [0.15, 0.2) is 11.3 Å². The number of aryl methyl sites for hydroxylation is 1. The fraction of sp³-hybridized carbons (Fsp3) is 0.750. The normalized spacial score (nSPS) is 27.0. The number of imidazole rings is 1. The van der Waals surface area contributed by atoms with Crippen LogP contribution in [0.2, 0.25) is 0 Å². The molecule has 1 N–H and O–H groups in total. The van der Waals surface area contributed by atoms with Crippen molar-refractivity contribution in [2.75, 3.05) is 19.7 Å². The first-order chi connectivity index (χ1) is 13.0. The minimum absolute atomic E-state index is 0.